The second kappa shape index (κ2) is 7.63. The molecule has 0 atom stereocenters. The van der Waals surface area contributed by atoms with Crippen molar-refractivity contribution >= 4 is 27.5 Å². The van der Waals surface area contributed by atoms with Crippen molar-refractivity contribution in [1.29, 1.82) is 0 Å². The van der Waals surface area contributed by atoms with E-state index in [1.54, 1.807) is 10.9 Å². The minimum atomic E-state index is -0.101. The summed E-state index contributed by atoms with van der Waals surface area (Å²) in [7, 11) is 2.06. The smallest absolute Gasteiger partial charge is 0.264 e. The number of likely N-dealkylation sites (N-methyl/N-ethyl adjacent to an activating group) is 1. The van der Waals surface area contributed by atoms with E-state index in [4.69, 9.17) is 4.74 Å². The summed E-state index contributed by atoms with van der Waals surface area (Å²) in [5, 5.41) is 0.557. The number of aryl methyl sites for hydroxylation is 1. The number of piperazine rings is 1. The summed E-state index contributed by atoms with van der Waals surface area (Å²) in [6, 6.07) is 0. The topological polar surface area (TPSA) is 67.7 Å². The molecule has 0 aromatic carbocycles. The minimum Gasteiger partial charge on any atom is -0.380 e. The molecule has 1 aliphatic rings. The normalized spacial score (nSPS) is 15.9. The molecule has 0 N–H and O–H groups in total. The Hall–Kier alpha value is -1.77. The highest BCUT2D eigenvalue weighted by Crippen LogP contribution is 2.28. The number of nitrogens with zero attached hydrogens (tertiary/aromatic N) is 4. The molecule has 1 aliphatic heterocycles. The monoisotopic (exact) mass is 364 g/mol. The van der Waals surface area contributed by atoms with Gasteiger partial charge in [-0.15, -0.1) is 11.3 Å². The molecular weight excluding hydrogens is 340 g/mol. The van der Waals surface area contributed by atoms with Crippen molar-refractivity contribution in [2.45, 2.75) is 20.4 Å². The van der Waals surface area contributed by atoms with Crippen LogP contribution in [0.5, 0.6) is 0 Å². The van der Waals surface area contributed by atoms with Crippen LogP contribution in [0.25, 0.3) is 10.2 Å². The third kappa shape index (κ3) is 3.61. The first kappa shape index (κ1) is 18.0. The molecule has 0 unspecified atom stereocenters. The lowest BCUT2D eigenvalue weighted by molar-refractivity contribution is 0.0668. The van der Waals surface area contributed by atoms with Gasteiger partial charge in [-0.3, -0.25) is 14.2 Å². The van der Waals surface area contributed by atoms with Crippen LogP contribution < -0.4 is 5.56 Å². The van der Waals surface area contributed by atoms with Gasteiger partial charge in [0.25, 0.3) is 11.5 Å². The summed E-state index contributed by atoms with van der Waals surface area (Å²) in [6.07, 6.45) is 1.55. The van der Waals surface area contributed by atoms with E-state index in [1.165, 1.54) is 11.3 Å². The van der Waals surface area contributed by atoms with Crippen LogP contribution in [0.1, 0.15) is 22.2 Å². The van der Waals surface area contributed by atoms with Crippen molar-refractivity contribution in [2.24, 2.45) is 0 Å². The second-order valence-electron chi connectivity index (χ2n) is 6.27. The summed E-state index contributed by atoms with van der Waals surface area (Å²) in [5.41, 5.74) is 0.642. The van der Waals surface area contributed by atoms with E-state index in [1.807, 2.05) is 18.7 Å². The number of carbonyl (C=O) groups excluding carboxylic acids is 1. The molecule has 0 bridgehead atoms. The van der Waals surface area contributed by atoms with Crippen molar-refractivity contribution in [1.82, 2.24) is 19.4 Å². The fourth-order valence-corrected chi connectivity index (χ4v) is 4.09. The van der Waals surface area contributed by atoms with Crippen LogP contribution in [0, 0.1) is 6.92 Å². The fraction of sp³-hybridized carbons (Fsp3) is 0.588. The third-order valence-electron chi connectivity index (χ3n) is 4.58. The Morgan fingerprint density at radius 3 is 2.72 bits per heavy atom. The van der Waals surface area contributed by atoms with Crippen LogP contribution in [-0.2, 0) is 11.3 Å². The Kier molecular flexibility index (Phi) is 5.51. The molecule has 0 radical (unpaired) electrons. The highest BCUT2D eigenvalue weighted by molar-refractivity contribution is 7.20. The van der Waals surface area contributed by atoms with E-state index in [9.17, 15) is 9.59 Å². The van der Waals surface area contributed by atoms with Crippen LogP contribution >= 0.6 is 11.3 Å². The van der Waals surface area contributed by atoms with Crippen molar-refractivity contribution in [2.75, 3.05) is 46.4 Å². The summed E-state index contributed by atoms with van der Waals surface area (Å²) in [5.74, 6) is 0.00821. The zero-order chi connectivity index (χ0) is 18.0. The molecule has 7 nitrogen and oxygen atoms in total. The molecule has 3 rings (SSSR count). The highest BCUT2D eigenvalue weighted by Gasteiger charge is 2.25. The molecule has 0 aliphatic carbocycles. The number of ether oxygens (including phenoxy) is 1. The van der Waals surface area contributed by atoms with Crippen molar-refractivity contribution in [3.05, 3.63) is 27.1 Å². The van der Waals surface area contributed by atoms with Crippen molar-refractivity contribution < 1.29 is 9.53 Å². The second-order valence-corrected chi connectivity index (χ2v) is 7.27. The first-order valence-electron chi connectivity index (χ1n) is 8.57. The molecule has 1 saturated heterocycles. The predicted molar refractivity (Wildman–Crippen MR) is 98.5 cm³/mol. The first-order valence-corrected chi connectivity index (χ1v) is 9.38. The Morgan fingerprint density at radius 2 is 2.04 bits per heavy atom. The van der Waals surface area contributed by atoms with Gasteiger partial charge in [0.05, 0.1) is 29.7 Å². The maximum atomic E-state index is 12.9. The molecule has 25 heavy (non-hydrogen) atoms. The fourth-order valence-electron chi connectivity index (χ4n) is 2.98. The first-order chi connectivity index (χ1) is 12.0. The largest absolute Gasteiger partial charge is 0.380 e. The van der Waals surface area contributed by atoms with Crippen molar-refractivity contribution in [3.63, 3.8) is 0 Å². The predicted octanol–water partition coefficient (Wildman–Crippen LogP) is 1.19. The summed E-state index contributed by atoms with van der Waals surface area (Å²) >= 11 is 1.32. The zero-order valence-corrected chi connectivity index (χ0v) is 15.8. The van der Waals surface area contributed by atoms with Crippen LogP contribution in [-0.4, -0.2) is 71.7 Å². The molecule has 136 valence electrons. The molecule has 2 aromatic rings. The van der Waals surface area contributed by atoms with Crippen LogP contribution in [0.15, 0.2) is 11.1 Å². The Bertz CT molecular complexity index is 821. The van der Waals surface area contributed by atoms with Gasteiger partial charge in [-0.25, -0.2) is 4.98 Å². The number of rotatable bonds is 5. The van der Waals surface area contributed by atoms with Gasteiger partial charge in [0, 0.05) is 32.8 Å². The van der Waals surface area contributed by atoms with E-state index < -0.39 is 0 Å². The molecule has 0 saturated carbocycles. The quantitative estimate of drug-likeness (QED) is 0.746. The molecule has 0 spiro atoms. The van der Waals surface area contributed by atoms with E-state index in [2.05, 4.69) is 16.9 Å². The Balaban J connectivity index is 1.90. The standard InChI is InChI=1S/C17H24N4O3S/c1-4-24-10-9-21-11-18-15-13(16(21)22)12(2)14(25-15)17(23)20-7-5-19(3)6-8-20/h11H,4-10H2,1-3H3. The molecule has 1 fully saturated rings. The molecule has 1 amide bonds. The average molecular weight is 364 g/mol. The van der Waals surface area contributed by atoms with Gasteiger partial charge >= 0.3 is 0 Å². The van der Waals surface area contributed by atoms with Gasteiger partial charge in [0.2, 0.25) is 0 Å². The number of aromatic nitrogens is 2. The number of hydrogen-bond acceptors (Lipinski definition) is 6. The molecular formula is C17H24N4O3S. The van der Waals surface area contributed by atoms with Crippen molar-refractivity contribution in [3.8, 4) is 0 Å². The maximum absolute atomic E-state index is 12.9. The maximum Gasteiger partial charge on any atom is 0.264 e. The highest BCUT2D eigenvalue weighted by atomic mass is 32.1. The third-order valence-corrected chi connectivity index (χ3v) is 5.77. The number of hydrogen-bond donors (Lipinski definition) is 0. The Labute approximate surface area is 150 Å². The molecule has 3 heterocycles. The Morgan fingerprint density at radius 1 is 1.32 bits per heavy atom. The molecule has 8 heteroatoms. The lowest BCUT2D eigenvalue weighted by atomic mass is 10.2. The van der Waals surface area contributed by atoms with E-state index in [-0.39, 0.29) is 11.5 Å². The summed E-state index contributed by atoms with van der Waals surface area (Å²) < 4.78 is 6.87. The number of fused-ring (bicyclic) bond motifs is 1. The van der Waals surface area contributed by atoms with Gasteiger partial charge in [0.1, 0.15) is 4.83 Å². The van der Waals surface area contributed by atoms with Crippen LogP contribution in [0.2, 0.25) is 0 Å². The minimum absolute atomic E-state index is 0.00821. The lowest BCUT2D eigenvalue weighted by Gasteiger charge is -2.32. The summed E-state index contributed by atoms with van der Waals surface area (Å²) in [6.45, 7) is 8.50. The number of thiophene rings is 1. The zero-order valence-electron chi connectivity index (χ0n) is 14.9. The molecule has 2 aromatic heterocycles. The SMILES string of the molecule is CCOCCn1cnc2sc(C(=O)N3CCN(C)CC3)c(C)c2c1=O. The van der Waals surface area contributed by atoms with Gasteiger partial charge in [-0.05, 0) is 26.5 Å². The van der Waals surface area contributed by atoms with Gasteiger partial charge in [-0.1, -0.05) is 0 Å². The van der Waals surface area contributed by atoms with Crippen LogP contribution in [0.3, 0.4) is 0 Å². The van der Waals surface area contributed by atoms with E-state index in [0.29, 0.717) is 34.9 Å². The lowest BCUT2D eigenvalue weighted by Crippen LogP contribution is -2.47. The summed E-state index contributed by atoms with van der Waals surface area (Å²) in [4.78, 5) is 35.3. The average Bonchev–Trinajstić information content (AvgIpc) is 2.94. The van der Waals surface area contributed by atoms with Crippen LogP contribution in [0.4, 0.5) is 0 Å². The van der Waals surface area contributed by atoms with Gasteiger partial charge in [0.15, 0.2) is 0 Å². The number of amides is 1. The number of carbonyl (C=O) groups is 1. The van der Waals surface area contributed by atoms with E-state index in [0.717, 1.165) is 31.7 Å². The van der Waals surface area contributed by atoms with Gasteiger partial charge < -0.3 is 14.5 Å². The van der Waals surface area contributed by atoms with E-state index >= 15 is 0 Å². The van der Waals surface area contributed by atoms with Gasteiger partial charge in [-0.2, -0.15) is 0 Å².